The van der Waals surface area contributed by atoms with Crippen LogP contribution in [0.15, 0.2) is 71.5 Å². The maximum atomic E-state index is 13.9. The van der Waals surface area contributed by atoms with Crippen LogP contribution in [0.5, 0.6) is 0 Å². The Balaban J connectivity index is 1.65. The van der Waals surface area contributed by atoms with Gasteiger partial charge in [0.1, 0.15) is 12.4 Å². The van der Waals surface area contributed by atoms with Gasteiger partial charge in [-0.05, 0) is 30.2 Å². The number of hydrogen-bond donors (Lipinski definition) is 1. The molecule has 3 aromatic rings. The summed E-state index contributed by atoms with van der Waals surface area (Å²) in [6.45, 7) is 0.251. The summed E-state index contributed by atoms with van der Waals surface area (Å²) in [5.74, 6) is -0.751. The second kappa shape index (κ2) is 8.20. The molecule has 3 rings (SSSR count). The first-order chi connectivity index (χ1) is 12.6. The van der Waals surface area contributed by atoms with Crippen LogP contribution in [0.2, 0.25) is 0 Å². The third-order valence-electron chi connectivity index (χ3n) is 3.89. The highest BCUT2D eigenvalue weighted by Gasteiger charge is 2.10. The molecule has 26 heavy (non-hydrogen) atoms. The van der Waals surface area contributed by atoms with Crippen molar-refractivity contribution < 1.29 is 9.18 Å². The maximum Gasteiger partial charge on any atom is 0.267 e. The largest absolute Gasteiger partial charge is 0.354 e. The van der Waals surface area contributed by atoms with E-state index in [9.17, 15) is 14.0 Å². The number of amides is 1. The number of rotatable bonds is 6. The molecule has 0 atom stereocenters. The van der Waals surface area contributed by atoms with Gasteiger partial charge in [0, 0.05) is 18.2 Å². The van der Waals surface area contributed by atoms with E-state index in [1.807, 2.05) is 30.3 Å². The predicted octanol–water partition coefficient (Wildman–Crippen LogP) is 2.41. The Morgan fingerprint density at radius 1 is 1.00 bits per heavy atom. The number of nitrogens with zero attached hydrogens (tertiary/aromatic N) is 2. The van der Waals surface area contributed by atoms with Crippen molar-refractivity contribution in [3.63, 3.8) is 0 Å². The average molecular weight is 351 g/mol. The van der Waals surface area contributed by atoms with Crippen molar-refractivity contribution in [3.8, 4) is 11.3 Å². The highest BCUT2D eigenvalue weighted by molar-refractivity contribution is 5.75. The summed E-state index contributed by atoms with van der Waals surface area (Å²) in [5.41, 5.74) is 1.29. The van der Waals surface area contributed by atoms with Crippen LogP contribution in [0, 0.1) is 5.82 Å². The number of hydrogen-bond acceptors (Lipinski definition) is 3. The van der Waals surface area contributed by atoms with E-state index >= 15 is 0 Å². The lowest BCUT2D eigenvalue weighted by atomic mass is 10.1. The molecule has 5 nitrogen and oxygen atoms in total. The zero-order valence-electron chi connectivity index (χ0n) is 14.1. The molecule has 0 unspecified atom stereocenters. The van der Waals surface area contributed by atoms with Gasteiger partial charge < -0.3 is 5.32 Å². The number of halogens is 1. The van der Waals surface area contributed by atoms with Gasteiger partial charge in [0.2, 0.25) is 5.91 Å². The first kappa shape index (κ1) is 17.5. The summed E-state index contributed by atoms with van der Waals surface area (Å²) in [7, 11) is 0. The second-order valence-electron chi connectivity index (χ2n) is 5.78. The van der Waals surface area contributed by atoms with Gasteiger partial charge in [-0.3, -0.25) is 9.59 Å². The first-order valence-electron chi connectivity index (χ1n) is 8.27. The lowest BCUT2D eigenvalue weighted by molar-refractivity contribution is -0.121. The fraction of sp³-hybridized carbons (Fsp3) is 0.150. The number of nitrogens with one attached hydrogen (secondary N) is 1. The Kier molecular flexibility index (Phi) is 5.53. The normalized spacial score (nSPS) is 10.5. The molecule has 6 heteroatoms. The molecule has 1 N–H and O–H groups in total. The van der Waals surface area contributed by atoms with E-state index in [4.69, 9.17) is 0 Å². The third-order valence-corrected chi connectivity index (χ3v) is 3.89. The Morgan fingerprint density at radius 3 is 2.50 bits per heavy atom. The van der Waals surface area contributed by atoms with Crippen LogP contribution < -0.4 is 10.9 Å². The van der Waals surface area contributed by atoms with Crippen molar-refractivity contribution in [1.29, 1.82) is 0 Å². The van der Waals surface area contributed by atoms with Gasteiger partial charge >= 0.3 is 0 Å². The molecule has 2 aromatic carbocycles. The zero-order chi connectivity index (χ0) is 18.4. The van der Waals surface area contributed by atoms with Crippen molar-refractivity contribution in [2.75, 3.05) is 6.54 Å². The third kappa shape index (κ3) is 4.42. The quantitative estimate of drug-likeness (QED) is 0.742. The van der Waals surface area contributed by atoms with E-state index in [0.29, 0.717) is 18.7 Å². The Labute approximate surface area is 150 Å². The van der Waals surface area contributed by atoms with Crippen LogP contribution in [0.3, 0.4) is 0 Å². The Hall–Kier alpha value is -3.28. The summed E-state index contributed by atoms with van der Waals surface area (Å²) in [4.78, 5) is 24.0. The fourth-order valence-corrected chi connectivity index (χ4v) is 2.56. The van der Waals surface area contributed by atoms with Crippen LogP contribution in [-0.2, 0) is 17.8 Å². The lowest BCUT2D eigenvalue weighted by Crippen LogP contribution is -2.34. The Bertz CT molecular complexity index is 955. The van der Waals surface area contributed by atoms with Crippen molar-refractivity contribution in [2.24, 2.45) is 0 Å². The van der Waals surface area contributed by atoms with Crippen LogP contribution in [-0.4, -0.2) is 22.2 Å². The number of carbonyl (C=O) groups is 1. The minimum atomic E-state index is -0.433. The lowest BCUT2D eigenvalue weighted by Gasteiger charge is -2.09. The Morgan fingerprint density at radius 2 is 1.73 bits per heavy atom. The van der Waals surface area contributed by atoms with Crippen LogP contribution in [0.25, 0.3) is 11.3 Å². The van der Waals surface area contributed by atoms with Crippen LogP contribution in [0.4, 0.5) is 4.39 Å². The molecule has 1 heterocycles. The summed E-state index contributed by atoms with van der Waals surface area (Å²) < 4.78 is 14.9. The van der Waals surface area contributed by atoms with Gasteiger partial charge in [-0.1, -0.05) is 42.5 Å². The molecule has 132 valence electrons. The summed E-state index contributed by atoms with van der Waals surface area (Å²) in [6, 6.07) is 18.7. The van der Waals surface area contributed by atoms with E-state index < -0.39 is 11.4 Å². The van der Waals surface area contributed by atoms with Crippen LogP contribution >= 0.6 is 0 Å². The molecule has 0 saturated carbocycles. The minimum Gasteiger partial charge on any atom is -0.354 e. The van der Waals surface area contributed by atoms with Gasteiger partial charge in [-0.25, -0.2) is 9.07 Å². The van der Waals surface area contributed by atoms with E-state index in [2.05, 4.69) is 10.4 Å². The molecular weight excluding hydrogens is 333 g/mol. The van der Waals surface area contributed by atoms with Gasteiger partial charge in [-0.2, -0.15) is 5.10 Å². The second-order valence-corrected chi connectivity index (χ2v) is 5.78. The molecule has 0 aliphatic carbocycles. The van der Waals surface area contributed by atoms with Crippen LogP contribution in [0.1, 0.15) is 5.56 Å². The number of carbonyl (C=O) groups excluding carboxylic acids is 1. The SMILES string of the molecule is O=C(Cn1nc(-c2ccccc2F)ccc1=O)NCCc1ccccc1. The smallest absolute Gasteiger partial charge is 0.267 e. The monoisotopic (exact) mass is 351 g/mol. The molecule has 0 spiro atoms. The van der Waals surface area contributed by atoms with Crippen molar-refractivity contribution in [2.45, 2.75) is 13.0 Å². The molecule has 0 aliphatic heterocycles. The summed E-state index contributed by atoms with van der Waals surface area (Å²) in [5, 5.41) is 6.88. The summed E-state index contributed by atoms with van der Waals surface area (Å²) in [6.07, 6.45) is 0.699. The predicted molar refractivity (Wildman–Crippen MR) is 97.0 cm³/mol. The maximum absolute atomic E-state index is 13.9. The van der Waals surface area contributed by atoms with Crippen molar-refractivity contribution in [1.82, 2.24) is 15.1 Å². The summed E-state index contributed by atoms with van der Waals surface area (Å²) >= 11 is 0. The molecule has 0 radical (unpaired) electrons. The highest BCUT2D eigenvalue weighted by atomic mass is 19.1. The molecule has 0 saturated heterocycles. The average Bonchev–Trinajstić information content (AvgIpc) is 2.65. The topological polar surface area (TPSA) is 64.0 Å². The fourth-order valence-electron chi connectivity index (χ4n) is 2.56. The standard InChI is InChI=1S/C20H18FN3O2/c21-17-9-5-4-8-16(17)18-10-11-20(26)24(23-18)14-19(25)22-13-12-15-6-2-1-3-7-15/h1-11H,12-14H2,(H,22,25). The number of benzene rings is 2. The van der Waals surface area contributed by atoms with Crippen molar-refractivity contribution in [3.05, 3.63) is 88.5 Å². The molecule has 0 fully saturated rings. The van der Waals surface area contributed by atoms with E-state index in [1.54, 1.807) is 18.2 Å². The van der Waals surface area contributed by atoms with Gasteiger partial charge in [-0.15, -0.1) is 0 Å². The van der Waals surface area contributed by atoms with Gasteiger partial charge in [0.25, 0.3) is 5.56 Å². The molecule has 1 amide bonds. The molecule has 0 bridgehead atoms. The molecular formula is C20H18FN3O2. The molecule has 1 aromatic heterocycles. The van der Waals surface area contributed by atoms with E-state index in [0.717, 1.165) is 10.2 Å². The first-order valence-corrected chi connectivity index (χ1v) is 8.27. The molecule has 0 aliphatic rings. The van der Waals surface area contributed by atoms with E-state index in [1.165, 1.54) is 18.2 Å². The van der Waals surface area contributed by atoms with Gasteiger partial charge in [0.15, 0.2) is 0 Å². The number of aromatic nitrogens is 2. The highest BCUT2D eigenvalue weighted by Crippen LogP contribution is 2.18. The van der Waals surface area contributed by atoms with E-state index in [-0.39, 0.29) is 18.0 Å². The van der Waals surface area contributed by atoms with Crippen molar-refractivity contribution >= 4 is 5.91 Å². The van der Waals surface area contributed by atoms with Gasteiger partial charge in [0.05, 0.1) is 5.69 Å². The minimum absolute atomic E-state index is 0.212. The zero-order valence-corrected chi connectivity index (χ0v) is 14.1.